The van der Waals surface area contributed by atoms with E-state index in [1.165, 1.54) is 57.1 Å². The quantitative estimate of drug-likeness (QED) is 0.704. The largest absolute Gasteiger partial charge is 0.317 e. The summed E-state index contributed by atoms with van der Waals surface area (Å²) < 4.78 is 0. The van der Waals surface area contributed by atoms with Crippen LogP contribution in [0.4, 0.5) is 0 Å². The number of benzene rings is 1. The lowest BCUT2D eigenvalue weighted by molar-refractivity contribution is 0.161. The van der Waals surface area contributed by atoms with Crippen molar-refractivity contribution in [2.24, 2.45) is 17.8 Å². The van der Waals surface area contributed by atoms with Crippen molar-refractivity contribution in [3.8, 4) is 0 Å². The van der Waals surface area contributed by atoms with Gasteiger partial charge in [0.25, 0.3) is 0 Å². The van der Waals surface area contributed by atoms with Crippen LogP contribution in [0.5, 0.6) is 0 Å². The summed E-state index contributed by atoms with van der Waals surface area (Å²) in [6.45, 7) is 6.95. The van der Waals surface area contributed by atoms with Crippen LogP contribution < -0.4 is 5.32 Å². The summed E-state index contributed by atoms with van der Waals surface area (Å²) in [5, 5.41) is 3.59. The third kappa shape index (κ3) is 5.47. The summed E-state index contributed by atoms with van der Waals surface area (Å²) in [5.41, 5.74) is 1.50. The van der Waals surface area contributed by atoms with Crippen LogP contribution in [0.3, 0.4) is 0 Å². The van der Waals surface area contributed by atoms with Crippen molar-refractivity contribution < 1.29 is 0 Å². The molecule has 1 saturated carbocycles. The average molecular weight is 287 g/mol. The Labute approximate surface area is 131 Å². The molecule has 118 valence electrons. The molecule has 1 aromatic carbocycles. The van der Waals surface area contributed by atoms with Crippen LogP contribution in [0.25, 0.3) is 0 Å². The van der Waals surface area contributed by atoms with E-state index in [-0.39, 0.29) is 0 Å². The van der Waals surface area contributed by atoms with Gasteiger partial charge in [0.05, 0.1) is 0 Å². The molecule has 0 aromatic heterocycles. The molecule has 1 N–H and O–H groups in total. The molecular weight excluding hydrogens is 254 g/mol. The predicted octanol–water partition coefficient (Wildman–Crippen LogP) is 5.06. The Bertz CT molecular complexity index is 373. The summed E-state index contributed by atoms with van der Waals surface area (Å²) in [7, 11) is 0. The molecule has 1 aliphatic carbocycles. The average Bonchev–Trinajstić information content (AvgIpc) is 2.54. The van der Waals surface area contributed by atoms with Crippen molar-refractivity contribution in [2.75, 3.05) is 13.1 Å². The van der Waals surface area contributed by atoms with Crippen LogP contribution in [-0.2, 0) is 6.42 Å². The maximum absolute atomic E-state index is 3.59. The van der Waals surface area contributed by atoms with Gasteiger partial charge in [-0.25, -0.2) is 0 Å². The number of hydrogen-bond donors (Lipinski definition) is 1. The van der Waals surface area contributed by atoms with Gasteiger partial charge in [-0.2, -0.15) is 0 Å². The number of hydrogen-bond acceptors (Lipinski definition) is 1. The van der Waals surface area contributed by atoms with Gasteiger partial charge in [0.1, 0.15) is 0 Å². The lowest BCUT2D eigenvalue weighted by Gasteiger charge is -2.36. The molecule has 1 nitrogen and oxygen atoms in total. The van der Waals surface area contributed by atoms with E-state index in [1.54, 1.807) is 0 Å². The highest BCUT2D eigenvalue weighted by molar-refractivity contribution is 5.14. The first-order chi connectivity index (χ1) is 10.3. The monoisotopic (exact) mass is 287 g/mol. The molecule has 1 aromatic rings. The summed E-state index contributed by atoms with van der Waals surface area (Å²) in [6, 6.07) is 11.0. The zero-order valence-corrected chi connectivity index (χ0v) is 14.0. The highest BCUT2D eigenvalue weighted by Gasteiger charge is 2.28. The number of rotatable bonds is 8. The molecule has 1 fully saturated rings. The minimum absolute atomic E-state index is 0.920. The fourth-order valence-corrected chi connectivity index (χ4v) is 3.96. The first-order valence-corrected chi connectivity index (χ1v) is 9.08. The third-order valence-electron chi connectivity index (χ3n) is 5.37. The van der Waals surface area contributed by atoms with E-state index in [4.69, 9.17) is 0 Å². The molecule has 3 unspecified atom stereocenters. The number of aryl methyl sites for hydroxylation is 1. The van der Waals surface area contributed by atoms with Gasteiger partial charge < -0.3 is 5.32 Å². The minimum Gasteiger partial charge on any atom is -0.317 e. The van der Waals surface area contributed by atoms with Gasteiger partial charge in [-0.05, 0) is 68.5 Å². The molecule has 1 aliphatic rings. The van der Waals surface area contributed by atoms with Crippen LogP contribution in [0.2, 0.25) is 0 Å². The van der Waals surface area contributed by atoms with Crippen LogP contribution in [0.1, 0.15) is 57.9 Å². The fourth-order valence-electron chi connectivity index (χ4n) is 3.96. The topological polar surface area (TPSA) is 12.0 Å². The van der Waals surface area contributed by atoms with Gasteiger partial charge >= 0.3 is 0 Å². The first kappa shape index (κ1) is 16.5. The summed E-state index contributed by atoms with van der Waals surface area (Å²) in [6.07, 6.45) is 9.78. The maximum Gasteiger partial charge on any atom is -0.00180 e. The smallest absolute Gasteiger partial charge is 0.00180 e. The molecule has 21 heavy (non-hydrogen) atoms. The van der Waals surface area contributed by atoms with Crippen LogP contribution >= 0.6 is 0 Å². The van der Waals surface area contributed by atoms with Gasteiger partial charge in [-0.15, -0.1) is 0 Å². The molecule has 0 radical (unpaired) electrons. The lowest BCUT2D eigenvalue weighted by atomic mass is 9.71. The van der Waals surface area contributed by atoms with Gasteiger partial charge in [-0.3, -0.25) is 0 Å². The van der Waals surface area contributed by atoms with Crippen LogP contribution in [-0.4, -0.2) is 13.1 Å². The Morgan fingerprint density at radius 2 is 1.86 bits per heavy atom. The third-order valence-corrected chi connectivity index (χ3v) is 5.37. The minimum atomic E-state index is 0.920. The van der Waals surface area contributed by atoms with Crippen LogP contribution in [0, 0.1) is 17.8 Å². The zero-order valence-electron chi connectivity index (χ0n) is 14.0. The highest BCUT2D eigenvalue weighted by Crippen LogP contribution is 2.37. The van der Waals surface area contributed by atoms with Crippen molar-refractivity contribution in [3.05, 3.63) is 35.9 Å². The SMILES string of the molecule is CCNCC1CCC(CC)CC1CCCc1ccccc1. The number of nitrogens with one attached hydrogen (secondary N) is 1. The molecule has 0 aliphatic heterocycles. The molecule has 0 spiro atoms. The van der Waals surface area contributed by atoms with E-state index in [0.29, 0.717) is 0 Å². The predicted molar refractivity (Wildman–Crippen MR) is 92.5 cm³/mol. The zero-order chi connectivity index (χ0) is 14.9. The maximum atomic E-state index is 3.59. The summed E-state index contributed by atoms with van der Waals surface area (Å²) in [4.78, 5) is 0. The summed E-state index contributed by atoms with van der Waals surface area (Å²) >= 11 is 0. The van der Waals surface area contributed by atoms with E-state index in [2.05, 4.69) is 49.5 Å². The van der Waals surface area contributed by atoms with E-state index >= 15 is 0 Å². The van der Waals surface area contributed by atoms with Gasteiger partial charge in [0.2, 0.25) is 0 Å². The Hall–Kier alpha value is -0.820. The second kappa shape index (κ2) is 9.25. The second-order valence-electron chi connectivity index (χ2n) is 6.79. The highest BCUT2D eigenvalue weighted by atomic mass is 14.8. The van der Waals surface area contributed by atoms with Gasteiger partial charge in [-0.1, -0.05) is 57.0 Å². The Morgan fingerprint density at radius 1 is 1.05 bits per heavy atom. The van der Waals surface area contributed by atoms with E-state index in [0.717, 1.165) is 24.3 Å². The van der Waals surface area contributed by atoms with E-state index in [9.17, 15) is 0 Å². The van der Waals surface area contributed by atoms with E-state index in [1.807, 2.05) is 0 Å². The standard InChI is InChI=1S/C20H33N/c1-3-17-13-14-20(16-21-4-2)19(15-17)12-8-11-18-9-6-5-7-10-18/h5-7,9-10,17,19-21H,3-4,8,11-16H2,1-2H3. The molecule has 2 rings (SSSR count). The Balaban J connectivity index is 1.80. The van der Waals surface area contributed by atoms with Gasteiger partial charge in [0, 0.05) is 0 Å². The van der Waals surface area contributed by atoms with Crippen molar-refractivity contribution >= 4 is 0 Å². The van der Waals surface area contributed by atoms with Crippen LogP contribution in [0.15, 0.2) is 30.3 Å². The Morgan fingerprint density at radius 3 is 2.57 bits per heavy atom. The molecule has 0 bridgehead atoms. The molecule has 1 heteroatoms. The molecule has 0 saturated heterocycles. The van der Waals surface area contributed by atoms with Crippen molar-refractivity contribution in [3.63, 3.8) is 0 Å². The van der Waals surface area contributed by atoms with Crippen molar-refractivity contribution in [2.45, 2.75) is 58.8 Å². The molecule has 0 amide bonds. The second-order valence-corrected chi connectivity index (χ2v) is 6.79. The molecule has 3 atom stereocenters. The van der Waals surface area contributed by atoms with Gasteiger partial charge in [0.15, 0.2) is 0 Å². The molecular formula is C20H33N. The fraction of sp³-hybridized carbons (Fsp3) is 0.700. The first-order valence-electron chi connectivity index (χ1n) is 9.08. The Kier molecular flexibility index (Phi) is 7.29. The normalized spacial score (nSPS) is 25.9. The van der Waals surface area contributed by atoms with Crippen molar-refractivity contribution in [1.29, 1.82) is 0 Å². The molecule has 0 heterocycles. The summed E-state index contributed by atoms with van der Waals surface area (Å²) in [5.74, 6) is 2.86. The van der Waals surface area contributed by atoms with Crippen molar-refractivity contribution in [1.82, 2.24) is 5.32 Å². The lowest BCUT2D eigenvalue weighted by Crippen LogP contribution is -2.33. The van der Waals surface area contributed by atoms with E-state index < -0.39 is 0 Å².